The van der Waals surface area contributed by atoms with Crippen LogP contribution in [0.15, 0.2) is 16.5 Å². The maximum Gasteiger partial charge on any atom is 0.410 e. The largest absolute Gasteiger partial charge is 0.475 e. The Bertz CT molecular complexity index is 858. The Balaban J connectivity index is 1.98. The van der Waals surface area contributed by atoms with Crippen LogP contribution in [0.2, 0.25) is 5.02 Å². The highest BCUT2D eigenvalue weighted by Crippen LogP contribution is 2.36. The summed E-state index contributed by atoms with van der Waals surface area (Å²) >= 11 is 23.0. The lowest BCUT2D eigenvalue weighted by Gasteiger charge is -2.21. The maximum absolute atomic E-state index is 12.3. The van der Waals surface area contributed by atoms with E-state index in [1.807, 2.05) is 0 Å². The van der Waals surface area contributed by atoms with E-state index in [0.29, 0.717) is 28.0 Å². The van der Waals surface area contributed by atoms with Crippen LogP contribution in [0.25, 0.3) is 11.0 Å². The molecule has 0 saturated heterocycles. The number of alkyl halides is 3. The Labute approximate surface area is 162 Å². The molecule has 6 nitrogen and oxygen atoms in total. The number of carboxylic acid groups (broad SMARTS) is 1. The smallest absolute Gasteiger partial charge is 0.410 e. The third-order valence-corrected chi connectivity index (χ3v) is 4.48. The number of hydrogen-bond acceptors (Lipinski definition) is 4. The van der Waals surface area contributed by atoms with Crippen LogP contribution in [0.5, 0.6) is 0 Å². The molecule has 0 fully saturated rings. The Morgan fingerprint density at radius 3 is 2.64 bits per heavy atom. The molecule has 0 saturated carbocycles. The molecule has 1 N–H and O–H groups in total. The van der Waals surface area contributed by atoms with E-state index >= 15 is 0 Å². The SMILES string of the molecule is O=C(O)c1oc2ccc(Cl)c3c2c1CN(C(=O)OCC(Cl)(Cl)Cl)CC3. The number of halogens is 4. The molecule has 1 amide bonds. The first-order valence-electron chi connectivity index (χ1n) is 7.12. The van der Waals surface area contributed by atoms with Crippen LogP contribution in [0, 0.1) is 0 Å². The van der Waals surface area contributed by atoms with Crippen molar-refractivity contribution in [1.29, 1.82) is 0 Å². The van der Waals surface area contributed by atoms with Crippen LogP contribution >= 0.6 is 46.4 Å². The minimum absolute atomic E-state index is 0.0132. The quantitative estimate of drug-likeness (QED) is 0.707. The Kier molecular flexibility index (Phi) is 4.99. The van der Waals surface area contributed by atoms with E-state index in [2.05, 4.69) is 0 Å². The lowest BCUT2D eigenvalue weighted by atomic mass is 10.0. The summed E-state index contributed by atoms with van der Waals surface area (Å²) in [7, 11) is 0. The highest BCUT2D eigenvalue weighted by atomic mass is 35.6. The van der Waals surface area contributed by atoms with Crippen LogP contribution in [-0.2, 0) is 17.7 Å². The zero-order valence-corrected chi connectivity index (χ0v) is 15.5. The molecule has 1 aliphatic rings. The van der Waals surface area contributed by atoms with Crippen molar-refractivity contribution in [2.45, 2.75) is 16.8 Å². The maximum atomic E-state index is 12.3. The lowest BCUT2D eigenvalue weighted by Crippen LogP contribution is -2.34. The standard InChI is InChI=1S/C15H11Cl4NO5/c16-9-1-2-10-11-7(9)3-4-20(14(23)24-6-15(17,18)19)5-8(11)12(25-10)13(21)22/h1-2H,3-6H2,(H,21,22). The van der Waals surface area contributed by atoms with Gasteiger partial charge >= 0.3 is 12.1 Å². The molecule has 0 bridgehead atoms. The van der Waals surface area contributed by atoms with E-state index < -0.39 is 22.5 Å². The van der Waals surface area contributed by atoms with Gasteiger partial charge in [0.05, 0.1) is 6.54 Å². The Hall–Kier alpha value is -1.34. The molecule has 1 aliphatic heterocycles. The molecule has 25 heavy (non-hydrogen) atoms. The van der Waals surface area contributed by atoms with Crippen LogP contribution in [0.1, 0.15) is 21.7 Å². The van der Waals surface area contributed by atoms with Crippen molar-refractivity contribution in [2.75, 3.05) is 13.2 Å². The zero-order valence-electron chi connectivity index (χ0n) is 12.5. The number of amides is 1. The van der Waals surface area contributed by atoms with Gasteiger partial charge in [-0.1, -0.05) is 46.4 Å². The van der Waals surface area contributed by atoms with Gasteiger partial charge in [-0.25, -0.2) is 9.59 Å². The fraction of sp³-hybridized carbons (Fsp3) is 0.333. The van der Waals surface area contributed by atoms with E-state index in [4.69, 9.17) is 55.6 Å². The average molecular weight is 427 g/mol. The predicted molar refractivity (Wildman–Crippen MR) is 93.9 cm³/mol. The number of carbonyl (C=O) groups is 2. The van der Waals surface area contributed by atoms with Gasteiger partial charge in [0.2, 0.25) is 9.55 Å². The van der Waals surface area contributed by atoms with E-state index in [1.54, 1.807) is 12.1 Å². The first-order chi connectivity index (χ1) is 11.7. The van der Waals surface area contributed by atoms with Gasteiger partial charge in [-0.15, -0.1) is 0 Å². The number of carboxylic acids is 1. The van der Waals surface area contributed by atoms with E-state index in [9.17, 15) is 14.7 Å². The molecule has 1 aromatic heterocycles. The topological polar surface area (TPSA) is 80.0 Å². The molecule has 1 aromatic carbocycles. The lowest BCUT2D eigenvalue weighted by molar-refractivity contribution is 0.0658. The van der Waals surface area contributed by atoms with Crippen molar-refractivity contribution in [3.63, 3.8) is 0 Å². The van der Waals surface area contributed by atoms with Gasteiger partial charge in [0.15, 0.2) is 0 Å². The number of carbonyl (C=O) groups excluding carboxylic acids is 1. The third-order valence-electron chi connectivity index (χ3n) is 3.80. The number of nitrogens with zero attached hydrogens (tertiary/aromatic N) is 1. The van der Waals surface area contributed by atoms with Crippen LogP contribution in [-0.4, -0.2) is 39.0 Å². The van der Waals surface area contributed by atoms with Crippen molar-refractivity contribution < 1.29 is 23.8 Å². The van der Waals surface area contributed by atoms with E-state index in [1.165, 1.54) is 4.90 Å². The number of ether oxygens (including phenoxy) is 1. The second-order valence-corrected chi connectivity index (χ2v) is 8.38. The number of rotatable bonds is 2. The highest BCUT2D eigenvalue weighted by molar-refractivity contribution is 6.67. The molecule has 3 rings (SSSR count). The Morgan fingerprint density at radius 1 is 1.28 bits per heavy atom. The van der Waals surface area contributed by atoms with Crippen LogP contribution in [0.4, 0.5) is 4.79 Å². The first kappa shape index (κ1) is 18.5. The van der Waals surface area contributed by atoms with Crippen LogP contribution in [0.3, 0.4) is 0 Å². The number of furan rings is 1. The van der Waals surface area contributed by atoms with Crippen molar-refractivity contribution in [3.8, 4) is 0 Å². The molecule has 10 heteroatoms. The molecule has 0 spiro atoms. The number of aromatic carboxylic acids is 1. The monoisotopic (exact) mass is 425 g/mol. The molecule has 0 unspecified atom stereocenters. The summed E-state index contributed by atoms with van der Waals surface area (Å²) in [5, 5.41) is 10.5. The van der Waals surface area contributed by atoms with Crippen molar-refractivity contribution in [2.24, 2.45) is 0 Å². The summed E-state index contributed by atoms with van der Waals surface area (Å²) in [6.07, 6.45) is -0.314. The Morgan fingerprint density at radius 2 is 2.00 bits per heavy atom. The summed E-state index contributed by atoms with van der Waals surface area (Å²) in [6, 6.07) is 3.24. The second kappa shape index (κ2) is 6.76. The van der Waals surface area contributed by atoms with Crippen molar-refractivity contribution >= 4 is 69.4 Å². The molecule has 134 valence electrons. The van der Waals surface area contributed by atoms with Gasteiger partial charge in [0, 0.05) is 22.5 Å². The highest BCUT2D eigenvalue weighted by Gasteiger charge is 2.31. The van der Waals surface area contributed by atoms with Gasteiger partial charge in [0.25, 0.3) is 0 Å². The number of benzene rings is 1. The fourth-order valence-electron chi connectivity index (χ4n) is 2.78. The van der Waals surface area contributed by atoms with E-state index in [-0.39, 0.29) is 18.8 Å². The molecule has 0 atom stereocenters. The molecular weight excluding hydrogens is 416 g/mol. The third kappa shape index (κ3) is 3.77. The van der Waals surface area contributed by atoms with Gasteiger partial charge in [-0.05, 0) is 24.1 Å². The normalized spacial score (nSPS) is 14.5. The molecule has 0 aliphatic carbocycles. The number of hydrogen-bond donors (Lipinski definition) is 1. The summed E-state index contributed by atoms with van der Waals surface area (Å²) in [5.74, 6) is -1.47. The molecule has 2 heterocycles. The van der Waals surface area contributed by atoms with E-state index in [0.717, 1.165) is 5.56 Å². The van der Waals surface area contributed by atoms with Gasteiger partial charge in [-0.3, -0.25) is 0 Å². The summed E-state index contributed by atoms with van der Waals surface area (Å²) in [6.45, 7) is -0.167. The minimum atomic E-state index is -1.73. The van der Waals surface area contributed by atoms with Crippen molar-refractivity contribution in [3.05, 3.63) is 34.0 Å². The summed E-state index contributed by atoms with van der Waals surface area (Å²) < 4.78 is 8.68. The van der Waals surface area contributed by atoms with Gasteiger partial charge in [-0.2, -0.15) is 0 Å². The summed E-state index contributed by atoms with van der Waals surface area (Å²) in [5.41, 5.74) is 1.49. The first-order valence-corrected chi connectivity index (χ1v) is 8.63. The minimum Gasteiger partial charge on any atom is -0.475 e. The van der Waals surface area contributed by atoms with Crippen molar-refractivity contribution in [1.82, 2.24) is 4.90 Å². The average Bonchev–Trinajstić information content (AvgIpc) is 2.76. The molecule has 0 radical (unpaired) electrons. The van der Waals surface area contributed by atoms with Gasteiger partial charge < -0.3 is 19.2 Å². The van der Waals surface area contributed by atoms with Gasteiger partial charge in [0.1, 0.15) is 12.2 Å². The molecule has 2 aromatic rings. The van der Waals surface area contributed by atoms with Crippen LogP contribution < -0.4 is 0 Å². The zero-order chi connectivity index (χ0) is 18.4. The predicted octanol–water partition coefficient (Wildman–Crippen LogP) is 4.65. The fourth-order valence-corrected chi connectivity index (χ4v) is 3.19. The summed E-state index contributed by atoms with van der Waals surface area (Å²) in [4.78, 5) is 25.1. The second-order valence-electron chi connectivity index (χ2n) is 5.46. The molecular formula is C15H11Cl4NO5.